The number of nitrogens with zero attached hydrogens (tertiary/aromatic N) is 4. The maximum Gasteiger partial charge on any atom is 0.143 e. The van der Waals surface area contributed by atoms with E-state index >= 15 is 0 Å². The Balaban J connectivity index is 1.13. The van der Waals surface area contributed by atoms with E-state index < -0.39 is 0 Å². The molecule has 2 aromatic carbocycles. The molecule has 8 heteroatoms. The van der Waals surface area contributed by atoms with Crippen LogP contribution >= 0.6 is 0 Å². The van der Waals surface area contributed by atoms with Crippen molar-refractivity contribution in [1.82, 2.24) is 20.4 Å². The second-order valence-corrected chi connectivity index (χ2v) is 10.7. The molecule has 40 heavy (non-hydrogen) atoms. The van der Waals surface area contributed by atoms with E-state index in [4.69, 9.17) is 11.5 Å². The predicted octanol–water partition coefficient (Wildman–Crippen LogP) is 4.58. The molecule has 0 radical (unpaired) electrons. The third-order valence-corrected chi connectivity index (χ3v) is 7.51. The van der Waals surface area contributed by atoms with Crippen LogP contribution in [0.2, 0.25) is 0 Å². The minimum Gasteiger partial charge on any atom is -0.399 e. The topological polar surface area (TPSA) is 138 Å². The summed E-state index contributed by atoms with van der Waals surface area (Å²) in [4.78, 5) is 25.0. The second kappa shape index (κ2) is 12.6. The van der Waals surface area contributed by atoms with Gasteiger partial charge in [-0.15, -0.1) is 0 Å². The summed E-state index contributed by atoms with van der Waals surface area (Å²) >= 11 is 0. The SMILES string of the molecule is Nc1ccc(CC(=O)Cc2ccc([C@H]3CCC[C@H](c4ccc(CC(=O)Cc5ccc(N)cc5)nn4)C3)nn2)cc1. The Kier molecular flexibility index (Phi) is 8.54. The highest BCUT2D eigenvalue weighted by Crippen LogP contribution is 2.39. The maximum absolute atomic E-state index is 12.5. The average Bonchev–Trinajstić information content (AvgIpc) is 2.96. The summed E-state index contributed by atoms with van der Waals surface area (Å²) in [5, 5.41) is 17.7. The highest BCUT2D eigenvalue weighted by atomic mass is 16.1. The van der Waals surface area contributed by atoms with Gasteiger partial charge in [0, 0.05) is 36.1 Å². The number of hydrogen-bond acceptors (Lipinski definition) is 8. The summed E-state index contributed by atoms with van der Waals surface area (Å²) in [6.07, 6.45) is 5.31. The number of anilines is 2. The number of nitrogen functional groups attached to an aromatic ring is 2. The summed E-state index contributed by atoms with van der Waals surface area (Å²) in [7, 11) is 0. The summed E-state index contributed by atoms with van der Waals surface area (Å²) in [5.74, 6) is 0.763. The van der Waals surface area contributed by atoms with Gasteiger partial charge >= 0.3 is 0 Å². The molecule has 2 aromatic heterocycles. The lowest BCUT2D eigenvalue weighted by Gasteiger charge is -2.28. The maximum atomic E-state index is 12.5. The third kappa shape index (κ3) is 7.34. The molecule has 5 rings (SSSR count). The lowest BCUT2D eigenvalue weighted by molar-refractivity contribution is -0.118. The van der Waals surface area contributed by atoms with Crippen LogP contribution in [-0.2, 0) is 35.3 Å². The fourth-order valence-corrected chi connectivity index (χ4v) is 5.35. The van der Waals surface area contributed by atoms with E-state index in [2.05, 4.69) is 20.4 Å². The molecular formula is C32H34N6O2. The number of ketones is 2. The van der Waals surface area contributed by atoms with Crippen molar-refractivity contribution in [3.8, 4) is 0 Å². The molecule has 0 bridgehead atoms. The van der Waals surface area contributed by atoms with Crippen molar-refractivity contribution < 1.29 is 9.59 Å². The van der Waals surface area contributed by atoms with Gasteiger partial charge in [-0.3, -0.25) is 9.59 Å². The van der Waals surface area contributed by atoms with Crippen LogP contribution in [0.3, 0.4) is 0 Å². The van der Waals surface area contributed by atoms with Crippen molar-refractivity contribution in [1.29, 1.82) is 0 Å². The van der Waals surface area contributed by atoms with Crippen molar-refractivity contribution in [2.75, 3.05) is 11.5 Å². The van der Waals surface area contributed by atoms with E-state index in [1.165, 1.54) is 0 Å². The van der Waals surface area contributed by atoms with Crippen molar-refractivity contribution in [2.24, 2.45) is 0 Å². The zero-order chi connectivity index (χ0) is 27.9. The van der Waals surface area contributed by atoms with Gasteiger partial charge in [0.25, 0.3) is 0 Å². The molecule has 0 aliphatic heterocycles. The molecule has 4 N–H and O–H groups in total. The first-order chi connectivity index (χ1) is 19.4. The van der Waals surface area contributed by atoms with E-state index in [9.17, 15) is 9.59 Å². The smallest absolute Gasteiger partial charge is 0.143 e. The minimum atomic E-state index is 0.0959. The molecule has 1 saturated carbocycles. The summed E-state index contributed by atoms with van der Waals surface area (Å²) in [6, 6.07) is 22.6. The third-order valence-electron chi connectivity index (χ3n) is 7.51. The molecule has 0 amide bonds. The Morgan fingerprint density at radius 1 is 0.575 bits per heavy atom. The van der Waals surface area contributed by atoms with Crippen molar-refractivity contribution >= 4 is 22.9 Å². The van der Waals surface area contributed by atoms with Gasteiger partial charge in [0.15, 0.2) is 0 Å². The second-order valence-electron chi connectivity index (χ2n) is 10.7. The Labute approximate surface area is 234 Å². The van der Waals surface area contributed by atoms with Gasteiger partial charge < -0.3 is 11.5 Å². The zero-order valence-corrected chi connectivity index (χ0v) is 22.5. The number of aromatic nitrogens is 4. The molecule has 4 aromatic rings. The molecule has 8 nitrogen and oxygen atoms in total. The van der Waals surface area contributed by atoms with Crippen LogP contribution in [0.1, 0.15) is 71.4 Å². The van der Waals surface area contributed by atoms with Gasteiger partial charge in [-0.2, -0.15) is 20.4 Å². The van der Waals surface area contributed by atoms with E-state index in [1.54, 1.807) is 24.3 Å². The first-order valence-electron chi connectivity index (χ1n) is 13.8. The largest absolute Gasteiger partial charge is 0.399 e. The molecular weight excluding hydrogens is 500 g/mol. The molecule has 1 aliphatic carbocycles. The molecule has 2 atom stereocenters. The number of nitrogens with two attached hydrogens (primary N) is 2. The van der Waals surface area contributed by atoms with Crippen LogP contribution in [0, 0.1) is 0 Å². The quantitative estimate of drug-likeness (QED) is 0.282. The Morgan fingerprint density at radius 2 is 1.00 bits per heavy atom. The van der Waals surface area contributed by atoms with Gasteiger partial charge in [0.05, 0.1) is 35.6 Å². The molecule has 0 saturated heterocycles. The standard InChI is InChI=1S/C32H34N6O2/c33-25-8-4-21(5-9-25)16-29(39)19-27-12-14-31(37-35-27)23-2-1-3-24(18-23)32-15-13-28(36-38-32)20-30(40)17-22-6-10-26(34)11-7-22/h4-15,23-24H,1-3,16-20,33-34H2/t23-,24-/m0/s1. The molecule has 2 heterocycles. The van der Waals surface area contributed by atoms with Crippen molar-refractivity contribution in [3.05, 3.63) is 107 Å². The van der Waals surface area contributed by atoms with Gasteiger partial charge in [0.2, 0.25) is 0 Å². The van der Waals surface area contributed by atoms with E-state index in [0.717, 1.165) is 48.2 Å². The Hall–Kier alpha value is -4.46. The van der Waals surface area contributed by atoms with Gasteiger partial charge in [0.1, 0.15) is 11.6 Å². The van der Waals surface area contributed by atoms with Crippen LogP contribution in [-0.4, -0.2) is 32.0 Å². The number of Topliss-reactive ketones (excluding diaryl/α,β-unsaturated/α-hetero) is 2. The van der Waals surface area contributed by atoms with Crippen molar-refractivity contribution in [2.45, 2.75) is 63.2 Å². The van der Waals surface area contributed by atoms with Gasteiger partial charge in [-0.05, 0) is 78.9 Å². The normalized spacial score (nSPS) is 16.9. The predicted molar refractivity (Wildman–Crippen MR) is 155 cm³/mol. The molecule has 0 unspecified atom stereocenters. The summed E-state index contributed by atoms with van der Waals surface area (Å²) in [5.41, 5.74) is 18.0. The number of carbonyl (C=O) groups is 2. The van der Waals surface area contributed by atoms with Crippen molar-refractivity contribution in [3.63, 3.8) is 0 Å². The molecule has 204 valence electrons. The van der Waals surface area contributed by atoms with Crippen LogP contribution in [0.15, 0.2) is 72.8 Å². The fraction of sp³-hybridized carbons (Fsp3) is 0.312. The first kappa shape index (κ1) is 27.1. The monoisotopic (exact) mass is 534 g/mol. The summed E-state index contributed by atoms with van der Waals surface area (Å²) in [6.45, 7) is 0. The van der Waals surface area contributed by atoms with Crippen LogP contribution in [0.25, 0.3) is 0 Å². The molecule has 1 fully saturated rings. The van der Waals surface area contributed by atoms with E-state index in [0.29, 0.717) is 35.6 Å². The highest BCUT2D eigenvalue weighted by Gasteiger charge is 2.27. The Morgan fingerprint density at radius 3 is 1.38 bits per heavy atom. The Bertz CT molecular complexity index is 1320. The molecule has 0 spiro atoms. The summed E-state index contributed by atoms with van der Waals surface area (Å²) < 4.78 is 0. The van der Waals surface area contributed by atoms with E-state index in [1.807, 2.05) is 48.5 Å². The number of benzene rings is 2. The highest BCUT2D eigenvalue weighted by molar-refractivity contribution is 5.83. The minimum absolute atomic E-state index is 0.0959. The zero-order valence-electron chi connectivity index (χ0n) is 22.5. The van der Waals surface area contributed by atoms with Crippen LogP contribution < -0.4 is 11.5 Å². The number of rotatable bonds is 10. The lowest BCUT2D eigenvalue weighted by atomic mass is 9.78. The average molecular weight is 535 g/mol. The van der Waals surface area contributed by atoms with Gasteiger partial charge in [-0.25, -0.2) is 0 Å². The van der Waals surface area contributed by atoms with Crippen LogP contribution in [0.4, 0.5) is 11.4 Å². The number of carbonyl (C=O) groups excluding carboxylic acids is 2. The fourth-order valence-electron chi connectivity index (χ4n) is 5.35. The van der Waals surface area contributed by atoms with E-state index in [-0.39, 0.29) is 36.2 Å². The van der Waals surface area contributed by atoms with Gasteiger partial charge in [-0.1, -0.05) is 30.7 Å². The number of hydrogen-bond donors (Lipinski definition) is 2. The lowest BCUT2D eigenvalue weighted by Crippen LogP contribution is -2.17. The first-order valence-corrected chi connectivity index (χ1v) is 13.8. The molecule has 1 aliphatic rings. The van der Waals surface area contributed by atoms with Crippen LogP contribution in [0.5, 0.6) is 0 Å².